The van der Waals surface area contributed by atoms with Crippen LogP contribution in [0.1, 0.15) is 5.56 Å². The number of carbonyl (C=O) groups excluding carboxylic acids is 1. The number of aryl methyl sites for hydroxylation is 1. The molecule has 0 unspecified atom stereocenters. The number of carbonyl (C=O) groups is 1. The Morgan fingerprint density at radius 2 is 2.05 bits per heavy atom. The maximum absolute atomic E-state index is 12.0. The first-order chi connectivity index (χ1) is 9.72. The molecule has 100 valence electrons. The Morgan fingerprint density at radius 1 is 1.20 bits per heavy atom. The first-order valence-electron chi connectivity index (χ1n) is 6.19. The second-order valence-corrected chi connectivity index (χ2v) is 5.35. The molecule has 0 bridgehead atoms. The SMILES string of the molecule is Cc1csc(NC(=O)Nc2ccnc3ccccc23)c1. The van der Waals surface area contributed by atoms with Crippen molar-refractivity contribution in [1.29, 1.82) is 0 Å². The number of para-hydroxylation sites is 1. The molecule has 0 saturated carbocycles. The van der Waals surface area contributed by atoms with Crippen molar-refractivity contribution in [2.24, 2.45) is 0 Å². The summed E-state index contributed by atoms with van der Waals surface area (Å²) in [7, 11) is 0. The summed E-state index contributed by atoms with van der Waals surface area (Å²) < 4.78 is 0. The molecule has 3 rings (SSSR count). The van der Waals surface area contributed by atoms with Crippen molar-refractivity contribution in [2.75, 3.05) is 10.6 Å². The van der Waals surface area contributed by atoms with Crippen molar-refractivity contribution < 1.29 is 4.79 Å². The molecule has 4 nitrogen and oxygen atoms in total. The number of thiophene rings is 1. The lowest BCUT2D eigenvalue weighted by molar-refractivity contribution is 0.262. The van der Waals surface area contributed by atoms with E-state index in [0.717, 1.165) is 27.2 Å². The van der Waals surface area contributed by atoms with Crippen LogP contribution >= 0.6 is 11.3 Å². The first kappa shape index (κ1) is 12.6. The van der Waals surface area contributed by atoms with E-state index in [1.165, 1.54) is 11.3 Å². The molecule has 0 saturated heterocycles. The standard InChI is InChI=1S/C15H13N3OS/c1-10-8-14(20-9-10)18-15(19)17-13-6-7-16-12-5-3-2-4-11(12)13/h2-9H,1H3,(H2,16,17,18,19). The van der Waals surface area contributed by atoms with Gasteiger partial charge in [-0.15, -0.1) is 11.3 Å². The monoisotopic (exact) mass is 283 g/mol. The van der Waals surface area contributed by atoms with Gasteiger partial charge in [-0.1, -0.05) is 18.2 Å². The number of nitrogens with zero attached hydrogens (tertiary/aromatic N) is 1. The summed E-state index contributed by atoms with van der Waals surface area (Å²) in [6, 6.07) is 11.2. The van der Waals surface area contributed by atoms with Crippen LogP contribution in [0, 0.1) is 6.92 Å². The van der Waals surface area contributed by atoms with E-state index in [1.54, 1.807) is 12.3 Å². The molecule has 0 aliphatic rings. The molecule has 2 aromatic heterocycles. The Bertz CT molecular complexity index is 761. The lowest BCUT2D eigenvalue weighted by atomic mass is 10.2. The topological polar surface area (TPSA) is 54.0 Å². The number of fused-ring (bicyclic) bond motifs is 1. The normalized spacial score (nSPS) is 10.4. The van der Waals surface area contributed by atoms with Crippen LogP contribution in [-0.2, 0) is 0 Å². The number of aromatic nitrogens is 1. The van der Waals surface area contributed by atoms with E-state index in [-0.39, 0.29) is 6.03 Å². The van der Waals surface area contributed by atoms with Crippen molar-refractivity contribution >= 4 is 39.0 Å². The minimum absolute atomic E-state index is 0.247. The highest BCUT2D eigenvalue weighted by atomic mass is 32.1. The molecular weight excluding hydrogens is 270 g/mol. The Balaban J connectivity index is 1.81. The van der Waals surface area contributed by atoms with Gasteiger partial charge >= 0.3 is 6.03 Å². The number of urea groups is 1. The van der Waals surface area contributed by atoms with Gasteiger partial charge in [0.25, 0.3) is 0 Å². The summed E-state index contributed by atoms with van der Waals surface area (Å²) in [6.45, 7) is 2.00. The lowest BCUT2D eigenvalue weighted by Crippen LogP contribution is -2.18. The van der Waals surface area contributed by atoms with Crippen LogP contribution in [0.25, 0.3) is 10.9 Å². The molecule has 0 fully saturated rings. The number of benzene rings is 1. The number of pyridine rings is 1. The Morgan fingerprint density at radius 3 is 2.85 bits per heavy atom. The predicted octanol–water partition coefficient (Wildman–Crippen LogP) is 4.25. The minimum atomic E-state index is -0.247. The van der Waals surface area contributed by atoms with Crippen molar-refractivity contribution in [3.63, 3.8) is 0 Å². The molecule has 0 atom stereocenters. The van der Waals surface area contributed by atoms with Gasteiger partial charge in [0.15, 0.2) is 0 Å². The highest BCUT2D eigenvalue weighted by Gasteiger charge is 2.07. The maximum atomic E-state index is 12.0. The molecule has 2 N–H and O–H groups in total. The molecule has 0 aliphatic heterocycles. The fourth-order valence-corrected chi connectivity index (χ4v) is 2.75. The van der Waals surface area contributed by atoms with E-state index in [4.69, 9.17) is 0 Å². The summed E-state index contributed by atoms with van der Waals surface area (Å²) in [5.41, 5.74) is 2.75. The lowest BCUT2D eigenvalue weighted by Gasteiger charge is -2.08. The molecule has 3 aromatic rings. The largest absolute Gasteiger partial charge is 0.324 e. The Kier molecular flexibility index (Phi) is 3.35. The van der Waals surface area contributed by atoms with Crippen molar-refractivity contribution in [3.8, 4) is 0 Å². The van der Waals surface area contributed by atoms with Gasteiger partial charge in [-0.05, 0) is 36.1 Å². The van der Waals surface area contributed by atoms with E-state index in [1.807, 2.05) is 42.6 Å². The van der Waals surface area contributed by atoms with Crippen LogP contribution < -0.4 is 10.6 Å². The third-order valence-corrected chi connectivity index (χ3v) is 3.83. The zero-order valence-corrected chi connectivity index (χ0v) is 11.7. The zero-order valence-electron chi connectivity index (χ0n) is 10.9. The van der Waals surface area contributed by atoms with Crippen LogP contribution in [-0.4, -0.2) is 11.0 Å². The Hall–Kier alpha value is -2.40. The summed E-state index contributed by atoms with van der Waals surface area (Å²) in [6.07, 6.45) is 1.69. The third-order valence-electron chi connectivity index (χ3n) is 2.86. The van der Waals surface area contributed by atoms with Crippen molar-refractivity contribution in [1.82, 2.24) is 4.98 Å². The quantitative estimate of drug-likeness (QED) is 0.738. The number of nitrogens with one attached hydrogen (secondary N) is 2. The van der Waals surface area contributed by atoms with Crippen molar-refractivity contribution in [2.45, 2.75) is 6.92 Å². The molecule has 2 amide bonds. The van der Waals surface area contributed by atoms with Gasteiger partial charge in [0.1, 0.15) is 0 Å². The van der Waals surface area contributed by atoms with Crippen LogP contribution in [0.5, 0.6) is 0 Å². The van der Waals surface area contributed by atoms with E-state index >= 15 is 0 Å². The highest BCUT2D eigenvalue weighted by molar-refractivity contribution is 7.14. The van der Waals surface area contributed by atoms with Gasteiger partial charge < -0.3 is 5.32 Å². The molecular formula is C15H13N3OS. The Labute approximate surface area is 120 Å². The highest BCUT2D eigenvalue weighted by Crippen LogP contribution is 2.22. The average Bonchev–Trinajstić information content (AvgIpc) is 2.84. The average molecular weight is 283 g/mol. The molecule has 20 heavy (non-hydrogen) atoms. The smallest absolute Gasteiger partial charge is 0.307 e. The summed E-state index contributed by atoms with van der Waals surface area (Å²) in [5, 5.41) is 9.44. The van der Waals surface area contributed by atoms with Gasteiger partial charge in [-0.25, -0.2) is 4.79 Å². The van der Waals surface area contributed by atoms with E-state index < -0.39 is 0 Å². The summed E-state index contributed by atoms with van der Waals surface area (Å²) in [4.78, 5) is 16.3. The molecule has 2 heterocycles. The molecule has 0 radical (unpaired) electrons. The minimum Gasteiger partial charge on any atom is -0.307 e. The fourth-order valence-electron chi connectivity index (χ4n) is 1.97. The maximum Gasteiger partial charge on any atom is 0.324 e. The van der Waals surface area contributed by atoms with Gasteiger partial charge in [0.05, 0.1) is 16.2 Å². The van der Waals surface area contributed by atoms with Gasteiger partial charge in [0, 0.05) is 11.6 Å². The van der Waals surface area contributed by atoms with E-state index in [2.05, 4.69) is 15.6 Å². The number of hydrogen-bond acceptors (Lipinski definition) is 3. The van der Waals surface area contributed by atoms with Crippen LogP contribution in [0.15, 0.2) is 48.0 Å². The number of hydrogen-bond donors (Lipinski definition) is 2. The van der Waals surface area contributed by atoms with Crippen LogP contribution in [0.2, 0.25) is 0 Å². The number of amides is 2. The second-order valence-electron chi connectivity index (χ2n) is 4.44. The van der Waals surface area contributed by atoms with Crippen molar-refractivity contribution in [3.05, 3.63) is 53.5 Å². The molecule has 0 aliphatic carbocycles. The molecule has 1 aromatic carbocycles. The number of rotatable bonds is 2. The van der Waals surface area contributed by atoms with Gasteiger partial charge in [0.2, 0.25) is 0 Å². The molecule has 5 heteroatoms. The van der Waals surface area contributed by atoms with E-state index in [9.17, 15) is 4.79 Å². The predicted molar refractivity (Wildman–Crippen MR) is 83.4 cm³/mol. The number of anilines is 2. The zero-order chi connectivity index (χ0) is 13.9. The van der Waals surface area contributed by atoms with E-state index in [0.29, 0.717) is 0 Å². The molecule has 0 spiro atoms. The van der Waals surface area contributed by atoms with Gasteiger partial charge in [-0.2, -0.15) is 0 Å². The summed E-state index contributed by atoms with van der Waals surface area (Å²) in [5.74, 6) is 0. The van der Waals surface area contributed by atoms with Crippen LogP contribution in [0.4, 0.5) is 15.5 Å². The first-order valence-corrected chi connectivity index (χ1v) is 7.07. The third kappa shape index (κ3) is 2.62. The van der Waals surface area contributed by atoms with Gasteiger partial charge in [-0.3, -0.25) is 10.3 Å². The summed E-state index contributed by atoms with van der Waals surface area (Å²) >= 11 is 1.51. The van der Waals surface area contributed by atoms with Crippen LogP contribution in [0.3, 0.4) is 0 Å². The second kappa shape index (κ2) is 5.30. The fraction of sp³-hybridized carbons (Fsp3) is 0.0667.